The second-order valence-corrected chi connectivity index (χ2v) is 17.4. The Kier molecular flexibility index (Phi) is 47.9. The number of hydrogen-bond acceptors (Lipinski definition) is 6. The lowest BCUT2D eigenvalue weighted by Gasteiger charge is -2.18. The Morgan fingerprint density at radius 2 is 0.590 bits per heavy atom. The third kappa shape index (κ3) is 48.3. The fourth-order valence-corrected chi connectivity index (χ4v) is 7.33. The van der Waals surface area contributed by atoms with Crippen molar-refractivity contribution >= 4 is 17.9 Å². The molecule has 0 N–H and O–H groups in total. The maximum atomic E-state index is 12.8. The van der Waals surface area contributed by atoms with Gasteiger partial charge >= 0.3 is 17.9 Å². The molecule has 6 heteroatoms. The zero-order valence-electron chi connectivity index (χ0n) is 40.4. The van der Waals surface area contributed by atoms with Crippen molar-refractivity contribution in [2.24, 2.45) is 0 Å². The van der Waals surface area contributed by atoms with E-state index in [2.05, 4.69) is 69.4 Å². The molecule has 354 valence electrons. The van der Waals surface area contributed by atoms with Crippen LogP contribution in [0.4, 0.5) is 0 Å². The van der Waals surface area contributed by atoms with E-state index in [0.717, 1.165) is 103 Å². The molecule has 0 saturated carbocycles. The molecule has 0 radical (unpaired) electrons. The van der Waals surface area contributed by atoms with Crippen LogP contribution in [0.2, 0.25) is 0 Å². The summed E-state index contributed by atoms with van der Waals surface area (Å²) in [5.74, 6) is -0.902. The van der Waals surface area contributed by atoms with E-state index in [4.69, 9.17) is 14.2 Å². The van der Waals surface area contributed by atoms with Gasteiger partial charge in [0, 0.05) is 19.3 Å². The predicted molar refractivity (Wildman–Crippen MR) is 261 cm³/mol. The van der Waals surface area contributed by atoms with Crippen LogP contribution in [0.25, 0.3) is 0 Å². The van der Waals surface area contributed by atoms with Gasteiger partial charge in [0.15, 0.2) is 6.10 Å². The normalized spacial score (nSPS) is 12.4. The second-order valence-electron chi connectivity index (χ2n) is 17.4. The first-order valence-corrected chi connectivity index (χ1v) is 26.1. The molecule has 1 unspecified atom stereocenters. The zero-order valence-corrected chi connectivity index (χ0v) is 40.4. The van der Waals surface area contributed by atoms with E-state index in [-0.39, 0.29) is 31.1 Å². The van der Waals surface area contributed by atoms with E-state index >= 15 is 0 Å². The molecule has 0 aromatic heterocycles. The van der Waals surface area contributed by atoms with Crippen molar-refractivity contribution in [2.45, 2.75) is 271 Å². The highest BCUT2D eigenvalue weighted by atomic mass is 16.6. The smallest absolute Gasteiger partial charge is 0.306 e. The highest BCUT2D eigenvalue weighted by Crippen LogP contribution is 2.15. The van der Waals surface area contributed by atoms with Crippen molar-refractivity contribution in [3.63, 3.8) is 0 Å². The Bertz CT molecular complexity index is 1070. The van der Waals surface area contributed by atoms with Crippen molar-refractivity contribution in [3.8, 4) is 0 Å². The fraction of sp³-hybridized carbons (Fsp3) is 0.800. The summed E-state index contributed by atoms with van der Waals surface area (Å²) in [5.41, 5.74) is 0. The Hall–Kier alpha value is -2.63. The molecule has 0 saturated heterocycles. The second kappa shape index (κ2) is 50.0. The molecule has 0 rings (SSSR count). The highest BCUT2D eigenvalue weighted by Gasteiger charge is 2.19. The van der Waals surface area contributed by atoms with Crippen LogP contribution in [0.5, 0.6) is 0 Å². The number of rotatable bonds is 47. The average Bonchev–Trinajstić information content (AvgIpc) is 3.26. The maximum absolute atomic E-state index is 12.8. The minimum atomic E-state index is -0.783. The van der Waals surface area contributed by atoms with Crippen LogP contribution in [-0.2, 0) is 28.6 Å². The molecule has 6 nitrogen and oxygen atoms in total. The maximum Gasteiger partial charge on any atom is 0.306 e. The van der Waals surface area contributed by atoms with Gasteiger partial charge in [-0.15, -0.1) is 0 Å². The van der Waals surface area contributed by atoms with Gasteiger partial charge in [0.25, 0.3) is 0 Å². The van der Waals surface area contributed by atoms with Gasteiger partial charge in [-0.25, -0.2) is 0 Å². The Morgan fingerprint density at radius 1 is 0.328 bits per heavy atom. The van der Waals surface area contributed by atoms with E-state index in [9.17, 15) is 14.4 Å². The van der Waals surface area contributed by atoms with Crippen molar-refractivity contribution in [1.29, 1.82) is 0 Å². The summed E-state index contributed by atoms with van der Waals surface area (Å²) >= 11 is 0. The summed E-state index contributed by atoms with van der Waals surface area (Å²) < 4.78 is 16.8. The quantitative estimate of drug-likeness (QED) is 0.0263. The predicted octanol–water partition coefficient (Wildman–Crippen LogP) is 17.1. The summed E-state index contributed by atoms with van der Waals surface area (Å²) in [6, 6.07) is 0. The van der Waals surface area contributed by atoms with Gasteiger partial charge in [-0.3, -0.25) is 14.4 Å². The lowest BCUT2D eigenvalue weighted by Crippen LogP contribution is -2.30. The third-order valence-electron chi connectivity index (χ3n) is 11.3. The van der Waals surface area contributed by atoms with E-state index in [1.165, 1.54) is 122 Å². The Balaban J connectivity index is 4.41. The lowest BCUT2D eigenvalue weighted by atomic mass is 10.0. The van der Waals surface area contributed by atoms with Gasteiger partial charge in [-0.05, 0) is 83.5 Å². The van der Waals surface area contributed by atoms with Crippen LogP contribution >= 0.6 is 0 Å². The molecule has 0 heterocycles. The van der Waals surface area contributed by atoms with Gasteiger partial charge in [0.2, 0.25) is 0 Å². The molecule has 1 atom stereocenters. The molecule has 0 aliphatic rings. The molecule has 0 fully saturated rings. The lowest BCUT2D eigenvalue weighted by molar-refractivity contribution is -0.167. The van der Waals surface area contributed by atoms with Crippen LogP contribution < -0.4 is 0 Å². The molecule has 0 aliphatic carbocycles. The topological polar surface area (TPSA) is 78.9 Å². The van der Waals surface area contributed by atoms with Crippen LogP contribution in [0.15, 0.2) is 48.6 Å². The largest absolute Gasteiger partial charge is 0.462 e. The molecule has 0 amide bonds. The monoisotopic (exact) mass is 855 g/mol. The summed E-state index contributed by atoms with van der Waals surface area (Å²) in [6.45, 7) is 6.57. The summed E-state index contributed by atoms with van der Waals surface area (Å²) in [5, 5.41) is 0. The van der Waals surface area contributed by atoms with Gasteiger partial charge in [0.05, 0.1) is 0 Å². The summed E-state index contributed by atoms with van der Waals surface area (Å²) in [4.78, 5) is 38.0. The van der Waals surface area contributed by atoms with Crippen LogP contribution in [-0.4, -0.2) is 37.2 Å². The molecule has 0 bridgehead atoms. The van der Waals surface area contributed by atoms with Gasteiger partial charge < -0.3 is 14.2 Å². The van der Waals surface area contributed by atoms with Crippen molar-refractivity contribution in [2.75, 3.05) is 13.2 Å². The zero-order chi connectivity index (χ0) is 44.4. The molecular weight excluding hydrogens is 757 g/mol. The number of ether oxygens (including phenoxy) is 3. The molecule has 0 aliphatic heterocycles. The number of esters is 3. The van der Waals surface area contributed by atoms with Crippen LogP contribution in [0, 0.1) is 0 Å². The van der Waals surface area contributed by atoms with Crippen LogP contribution in [0.3, 0.4) is 0 Å². The van der Waals surface area contributed by atoms with Gasteiger partial charge in [0.1, 0.15) is 13.2 Å². The first kappa shape index (κ1) is 58.4. The van der Waals surface area contributed by atoms with E-state index < -0.39 is 6.10 Å². The van der Waals surface area contributed by atoms with Crippen LogP contribution in [0.1, 0.15) is 265 Å². The minimum Gasteiger partial charge on any atom is -0.462 e. The molecule has 0 aromatic rings. The van der Waals surface area contributed by atoms with Crippen molar-refractivity contribution < 1.29 is 28.6 Å². The number of carbonyl (C=O) groups excluding carboxylic acids is 3. The number of carbonyl (C=O) groups is 3. The van der Waals surface area contributed by atoms with Crippen molar-refractivity contribution in [3.05, 3.63) is 48.6 Å². The average molecular weight is 855 g/mol. The van der Waals surface area contributed by atoms with E-state index in [1.54, 1.807) is 0 Å². The highest BCUT2D eigenvalue weighted by molar-refractivity contribution is 5.71. The first-order valence-electron chi connectivity index (χ1n) is 26.1. The fourth-order valence-electron chi connectivity index (χ4n) is 7.33. The summed E-state index contributed by atoms with van der Waals surface area (Å²) in [6.07, 6.45) is 59.4. The van der Waals surface area contributed by atoms with E-state index in [0.29, 0.717) is 19.3 Å². The molecule has 0 aromatic carbocycles. The number of unbranched alkanes of at least 4 members (excludes halogenated alkanes) is 28. The Labute approximate surface area is 378 Å². The van der Waals surface area contributed by atoms with Gasteiger partial charge in [-0.1, -0.05) is 211 Å². The standard InChI is InChI=1S/C55H98O6/c1-4-7-10-13-16-19-22-25-27-30-33-36-39-42-45-48-54(57)60-51-52(50-59-53(56)47-44-41-38-35-32-29-24-21-18-15-12-9-6-3)61-55(58)49-46-43-40-37-34-31-28-26-23-20-17-14-11-8-5-2/h16-17,19-20,25-28,52H,4-15,18,21-24,29-51H2,1-3H3/b19-16+,20-17+,27-25+,28-26+. The minimum absolute atomic E-state index is 0.0812. The molecule has 0 spiro atoms. The number of hydrogen-bond donors (Lipinski definition) is 0. The van der Waals surface area contributed by atoms with Crippen molar-refractivity contribution in [1.82, 2.24) is 0 Å². The third-order valence-corrected chi connectivity index (χ3v) is 11.3. The first-order chi connectivity index (χ1) is 30.0. The SMILES string of the molecule is CCCCC/C=C/C/C=C/CCCCCCCC(=O)OCC(COC(=O)CCCCCCCCCCCCCCC)OC(=O)CCCCCCC/C=C/C/C=C/CCCCC. The van der Waals surface area contributed by atoms with E-state index in [1.807, 2.05) is 0 Å². The summed E-state index contributed by atoms with van der Waals surface area (Å²) in [7, 11) is 0. The van der Waals surface area contributed by atoms with Gasteiger partial charge in [-0.2, -0.15) is 0 Å². The molecular formula is C55H98O6. The number of allylic oxidation sites excluding steroid dienone is 8. The molecule has 61 heavy (non-hydrogen) atoms. The Morgan fingerprint density at radius 3 is 0.934 bits per heavy atom.